The maximum absolute atomic E-state index is 12.4. The number of ether oxygens (including phenoxy) is 1. The normalized spacial score (nSPS) is 15.7. The van der Waals surface area contributed by atoms with Crippen molar-refractivity contribution in [2.45, 2.75) is 148 Å². The Bertz CT molecular complexity index is 662. The van der Waals surface area contributed by atoms with Crippen molar-refractivity contribution < 1.29 is 28.3 Å². The molecule has 3 atom stereocenters. The van der Waals surface area contributed by atoms with E-state index in [4.69, 9.17) is 9.26 Å². The van der Waals surface area contributed by atoms with E-state index >= 15 is 0 Å². The molecule has 0 aromatic carbocycles. The van der Waals surface area contributed by atoms with Crippen LogP contribution in [-0.2, 0) is 13.8 Å². The summed E-state index contributed by atoms with van der Waals surface area (Å²) < 4.78 is 23.3. The SMILES string of the molecule is CCCCC/C=C\CCCCCCCCCC/C=C\CCCCCOC[C@@H](O)COP(=O)([O-])C(CC)[N+](C)(C)C. The van der Waals surface area contributed by atoms with Gasteiger partial charge in [0.25, 0.3) is 0 Å². The molecule has 0 saturated carbocycles. The molecule has 7 heteroatoms. The van der Waals surface area contributed by atoms with Crippen LogP contribution in [0.4, 0.5) is 0 Å². The second-order valence-electron chi connectivity index (χ2n) is 12.3. The van der Waals surface area contributed by atoms with Crippen LogP contribution in [0.25, 0.3) is 0 Å². The van der Waals surface area contributed by atoms with Crippen molar-refractivity contribution in [2.75, 3.05) is 41.0 Å². The number of aliphatic hydroxyl groups excluding tert-OH is 1. The minimum atomic E-state index is -4.06. The predicted molar refractivity (Wildman–Crippen MR) is 170 cm³/mol. The Balaban J connectivity index is 3.48. The van der Waals surface area contributed by atoms with Gasteiger partial charge in [-0.3, -0.25) is 0 Å². The summed E-state index contributed by atoms with van der Waals surface area (Å²) in [4.78, 5) is 12.4. The maximum Gasteiger partial charge on any atom is 0.193 e. The third-order valence-electron chi connectivity index (χ3n) is 7.34. The van der Waals surface area contributed by atoms with E-state index in [9.17, 15) is 14.6 Å². The molecule has 1 N–H and O–H groups in total. The number of hydrogen-bond donors (Lipinski definition) is 1. The van der Waals surface area contributed by atoms with E-state index in [1.165, 1.54) is 89.9 Å². The molecule has 0 fully saturated rings. The van der Waals surface area contributed by atoms with Gasteiger partial charge in [-0.15, -0.1) is 0 Å². The van der Waals surface area contributed by atoms with Crippen LogP contribution in [0.3, 0.4) is 0 Å². The molecule has 0 aromatic heterocycles. The highest BCUT2D eigenvalue weighted by Crippen LogP contribution is 2.47. The zero-order valence-electron chi connectivity index (χ0n) is 27.0. The molecule has 0 amide bonds. The van der Waals surface area contributed by atoms with Gasteiger partial charge < -0.3 is 28.3 Å². The first kappa shape index (κ1) is 39.5. The van der Waals surface area contributed by atoms with Gasteiger partial charge in [0.2, 0.25) is 0 Å². The van der Waals surface area contributed by atoms with Gasteiger partial charge >= 0.3 is 0 Å². The van der Waals surface area contributed by atoms with Crippen molar-refractivity contribution in [3.05, 3.63) is 24.3 Å². The molecule has 0 rings (SSSR count). The smallest absolute Gasteiger partial charge is 0.193 e. The van der Waals surface area contributed by atoms with Crippen molar-refractivity contribution in [2.24, 2.45) is 0 Å². The van der Waals surface area contributed by atoms with Gasteiger partial charge in [-0.05, 0) is 57.8 Å². The third-order valence-corrected chi connectivity index (χ3v) is 9.64. The number of quaternary nitrogens is 1. The van der Waals surface area contributed by atoms with E-state index in [0.29, 0.717) is 13.0 Å². The molecule has 0 aromatic rings. The second kappa shape index (κ2) is 26.2. The minimum absolute atomic E-state index is 0.0952. The van der Waals surface area contributed by atoms with Crippen LogP contribution in [0.15, 0.2) is 24.3 Å². The number of allylic oxidation sites excluding steroid dienone is 4. The van der Waals surface area contributed by atoms with Gasteiger partial charge in [-0.1, -0.05) is 95.9 Å². The fourth-order valence-electron chi connectivity index (χ4n) is 4.95. The van der Waals surface area contributed by atoms with Crippen LogP contribution in [0.2, 0.25) is 0 Å². The lowest BCUT2D eigenvalue weighted by atomic mass is 10.1. The quantitative estimate of drug-likeness (QED) is 0.0411. The van der Waals surface area contributed by atoms with Crippen LogP contribution in [0.1, 0.15) is 136 Å². The Morgan fingerprint density at radius 3 is 1.55 bits per heavy atom. The van der Waals surface area contributed by atoms with Gasteiger partial charge in [-0.2, -0.15) is 0 Å². The number of nitrogens with zero attached hydrogens (tertiary/aromatic N) is 1. The molecule has 0 aliphatic heterocycles. The van der Waals surface area contributed by atoms with Gasteiger partial charge in [0.1, 0.15) is 6.10 Å². The van der Waals surface area contributed by atoms with Gasteiger partial charge in [0, 0.05) is 13.0 Å². The summed E-state index contributed by atoms with van der Waals surface area (Å²) in [7, 11) is 1.43. The average molecular weight is 588 g/mol. The summed E-state index contributed by atoms with van der Waals surface area (Å²) in [5.74, 6) is -0.628. The Morgan fingerprint density at radius 1 is 0.700 bits per heavy atom. The third kappa shape index (κ3) is 24.1. The van der Waals surface area contributed by atoms with E-state index in [0.717, 1.165) is 25.7 Å². The highest BCUT2D eigenvalue weighted by molar-refractivity contribution is 7.51. The summed E-state index contributed by atoms with van der Waals surface area (Å²) in [6, 6.07) is 0. The fourth-order valence-corrected chi connectivity index (χ4v) is 6.80. The topological polar surface area (TPSA) is 78.8 Å². The summed E-state index contributed by atoms with van der Waals surface area (Å²) in [6.07, 6.45) is 31.9. The number of hydrogen-bond acceptors (Lipinski definition) is 5. The molecule has 0 bridgehead atoms. The van der Waals surface area contributed by atoms with E-state index < -0.39 is 19.5 Å². The maximum atomic E-state index is 12.4. The fraction of sp³-hybridized carbons (Fsp3) is 0.879. The van der Waals surface area contributed by atoms with E-state index in [-0.39, 0.29) is 17.7 Å². The van der Waals surface area contributed by atoms with Crippen molar-refractivity contribution >= 4 is 7.60 Å². The van der Waals surface area contributed by atoms with Crippen molar-refractivity contribution in [1.82, 2.24) is 0 Å². The molecule has 0 aliphatic carbocycles. The summed E-state index contributed by atoms with van der Waals surface area (Å²) in [5, 5.41) is 10.0. The standard InChI is InChI=1S/C33H66NO5P/c1-6-8-9-10-11-12-13-14-15-16-17-18-19-20-21-22-23-24-25-26-27-28-29-38-30-32(35)31-39-40(36,37)33(7-2)34(3,4)5/h11-12,23-24,32-33,35H,6-10,13-22,25-31H2,1-5H3/b12-11-,24-23-/t32-,33?/m1/s1. The predicted octanol–water partition coefficient (Wildman–Crippen LogP) is 8.53. The number of unbranched alkanes of at least 4 members (excludes halogenated alkanes) is 15. The molecule has 6 nitrogen and oxygen atoms in total. The van der Waals surface area contributed by atoms with E-state index in [2.05, 4.69) is 31.2 Å². The largest absolute Gasteiger partial charge is 0.774 e. The molecule has 2 unspecified atom stereocenters. The van der Waals surface area contributed by atoms with Crippen LogP contribution in [0.5, 0.6) is 0 Å². The molecule has 0 aliphatic rings. The van der Waals surface area contributed by atoms with Crippen molar-refractivity contribution in [3.63, 3.8) is 0 Å². The van der Waals surface area contributed by atoms with E-state index in [1.807, 2.05) is 28.1 Å². The highest BCUT2D eigenvalue weighted by Gasteiger charge is 2.34. The molecular weight excluding hydrogens is 521 g/mol. The van der Waals surface area contributed by atoms with Gasteiger partial charge in [-0.25, -0.2) is 0 Å². The first-order valence-corrected chi connectivity index (χ1v) is 18.1. The van der Waals surface area contributed by atoms with Gasteiger partial charge in [0.05, 0.1) is 34.4 Å². The molecule has 0 spiro atoms. The number of aliphatic hydroxyl groups is 1. The van der Waals surface area contributed by atoms with Crippen LogP contribution < -0.4 is 4.89 Å². The lowest BCUT2D eigenvalue weighted by Gasteiger charge is -2.41. The Morgan fingerprint density at radius 2 is 1.12 bits per heavy atom. The first-order chi connectivity index (χ1) is 19.1. The minimum Gasteiger partial charge on any atom is -0.774 e. The lowest BCUT2D eigenvalue weighted by Crippen LogP contribution is -2.47. The average Bonchev–Trinajstić information content (AvgIpc) is 2.89. The van der Waals surface area contributed by atoms with Crippen molar-refractivity contribution in [1.29, 1.82) is 0 Å². The summed E-state index contributed by atoms with van der Waals surface area (Å²) >= 11 is 0. The summed E-state index contributed by atoms with van der Waals surface area (Å²) in [5.41, 5.74) is 0. The van der Waals surface area contributed by atoms with E-state index in [1.54, 1.807) is 0 Å². The number of rotatable bonds is 29. The van der Waals surface area contributed by atoms with Gasteiger partial charge in [0.15, 0.2) is 13.4 Å². The van der Waals surface area contributed by atoms with Crippen LogP contribution in [-0.4, -0.2) is 62.4 Å². The summed E-state index contributed by atoms with van der Waals surface area (Å²) in [6.45, 7) is 4.51. The zero-order valence-corrected chi connectivity index (χ0v) is 27.9. The Labute approximate surface area is 248 Å². The Kier molecular flexibility index (Phi) is 25.8. The van der Waals surface area contributed by atoms with Crippen molar-refractivity contribution in [3.8, 4) is 0 Å². The van der Waals surface area contributed by atoms with Crippen LogP contribution >= 0.6 is 7.60 Å². The second-order valence-corrected chi connectivity index (χ2v) is 14.2. The molecule has 238 valence electrons. The molecule has 0 saturated heterocycles. The molecule has 0 heterocycles. The highest BCUT2D eigenvalue weighted by atomic mass is 31.2. The molecule has 0 radical (unpaired) electrons. The lowest BCUT2D eigenvalue weighted by molar-refractivity contribution is -0.884. The molecular formula is C33H66NO5P. The first-order valence-electron chi connectivity index (χ1n) is 16.5. The Hall–Kier alpha value is -0.490. The monoisotopic (exact) mass is 587 g/mol. The van der Waals surface area contributed by atoms with Crippen LogP contribution in [0, 0.1) is 0 Å². The zero-order chi connectivity index (χ0) is 30.0. The molecule has 40 heavy (non-hydrogen) atoms.